The summed E-state index contributed by atoms with van der Waals surface area (Å²) in [5, 5.41) is 9.96. The molecule has 1 aliphatic heterocycles. The van der Waals surface area contributed by atoms with E-state index in [1.807, 2.05) is 0 Å². The van der Waals surface area contributed by atoms with Crippen molar-refractivity contribution in [2.45, 2.75) is 97.4 Å². The summed E-state index contributed by atoms with van der Waals surface area (Å²) in [6, 6.07) is 3.83. The number of esters is 1. The standard InChI is InChI=1S/C26H38FNO7/c1-16(2)23(30)28(22(24(31)32)17-8-10-18(27)11-9-17)13-12-19-14-20(34-26(6,7)33-19)15-21(29)35-25(3,4)5/h8-11,16,19-20,22H,12-15H2,1-7H3,(H,31,32)/t19-,20-,22?/m1/s1. The molecule has 0 spiro atoms. The molecule has 35 heavy (non-hydrogen) atoms. The van der Waals surface area contributed by atoms with Crippen molar-refractivity contribution in [3.63, 3.8) is 0 Å². The van der Waals surface area contributed by atoms with E-state index < -0.39 is 41.2 Å². The average Bonchev–Trinajstić information content (AvgIpc) is 2.68. The minimum absolute atomic E-state index is 0.0581. The van der Waals surface area contributed by atoms with Gasteiger partial charge < -0.3 is 24.2 Å². The van der Waals surface area contributed by atoms with Crippen LogP contribution in [0.3, 0.4) is 0 Å². The molecular formula is C26H38FNO7. The highest BCUT2D eigenvalue weighted by molar-refractivity contribution is 5.85. The molecule has 1 saturated heterocycles. The summed E-state index contributed by atoms with van der Waals surface area (Å²) in [5.74, 6) is -3.82. The van der Waals surface area contributed by atoms with Gasteiger partial charge in [0.05, 0.1) is 18.6 Å². The van der Waals surface area contributed by atoms with Crippen LogP contribution < -0.4 is 0 Å². The van der Waals surface area contributed by atoms with Crippen LogP contribution in [0.4, 0.5) is 4.39 Å². The first kappa shape index (κ1) is 28.7. The van der Waals surface area contributed by atoms with Gasteiger partial charge in [-0.05, 0) is 58.7 Å². The van der Waals surface area contributed by atoms with E-state index in [-0.39, 0.29) is 30.9 Å². The van der Waals surface area contributed by atoms with Crippen LogP contribution in [0.5, 0.6) is 0 Å². The predicted octanol–water partition coefficient (Wildman–Crippen LogP) is 4.47. The van der Waals surface area contributed by atoms with Gasteiger partial charge in [-0.25, -0.2) is 9.18 Å². The molecule has 0 saturated carbocycles. The molecule has 1 aromatic rings. The Labute approximate surface area is 206 Å². The first-order chi connectivity index (χ1) is 16.1. The van der Waals surface area contributed by atoms with Crippen LogP contribution in [0.1, 0.15) is 79.3 Å². The molecular weight excluding hydrogens is 457 g/mol. The van der Waals surface area contributed by atoms with E-state index in [0.29, 0.717) is 18.4 Å². The van der Waals surface area contributed by atoms with Crippen molar-refractivity contribution in [3.05, 3.63) is 35.6 Å². The zero-order chi connectivity index (χ0) is 26.6. The minimum atomic E-state index is -1.27. The monoisotopic (exact) mass is 495 g/mol. The zero-order valence-corrected chi connectivity index (χ0v) is 21.7. The number of nitrogens with zero attached hydrogens (tertiary/aromatic N) is 1. The topological polar surface area (TPSA) is 102 Å². The Bertz CT molecular complexity index is 892. The molecule has 1 fully saturated rings. The number of rotatable bonds is 9. The Kier molecular flexibility index (Phi) is 9.42. The molecule has 1 amide bonds. The van der Waals surface area contributed by atoms with Gasteiger partial charge in [-0.3, -0.25) is 9.59 Å². The molecule has 1 heterocycles. The summed E-state index contributed by atoms with van der Waals surface area (Å²) >= 11 is 0. The number of carboxylic acid groups (broad SMARTS) is 1. The maximum Gasteiger partial charge on any atom is 0.331 e. The van der Waals surface area contributed by atoms with Crippen LogP contribution in [-0.4, -0.2) is 58.0 Å². The maximum atomic E-state index is 13.4. The highest BCUT2D eigenvalue weighted by atomic mass is 19.1. The van der Waals surface area contributed by atoms with Crippen LogP contribution in [0.25, 0.3) is 0 Å². The Morgan fingerprint density at radius 1 is 1.14 bits per heavy atom. The molecule has 3 atom stereocenters. The molecule has 1 aliphatic rings. The molecule has 0 aromatic heterocycles. The van der Waals surface area contributed by atoms with Gasteiger partial charge >= 0.3 is 11.9 Å². The van der Waals surface area contributed by atoms with E-state index in [4.69, 9.17) is 14.2 Å². The van der Waals surface area contributed by atoms with Gasteiger partial charge in [-0.2, -0.15) is 0 Å². The number of carbonyl (C=O) groups excluding carboxylic acids is 2. The summed E-state index contributed by atoms with van der Waals surface area (Å²) in [6.45, 7) is 12.4. The van der Waals surface area contributed by atoms with Crippen molar-refractivity contribution in [2.24, 2.45) is 5.92 Å². The van der Waals surface area contributed by atoms with E-state index in [2.05, 4.69) is 0 Å². The summed E-state index contributed by atoms with van der Waals surface area (Å²) < 4.78 is 30.8. The number of benzene rings is 1. The SMILES string of the molecule is CC(C)C(=O)N(CC[C@@H]1C[C@H](CC(=O)OC(C)(C)C)OC(C)(C)O1)C(C(=O)O)c1ccc(F)cc1. The highest BCUT2D eigenvalue weighted by Crippen LogP contribution is 2.32. The average molecular weight is 496 g/mol. The molecule has 1 unspecified atom stereocenters. The summed E-state index contributed by atoms with van der Waals surface area (Å²) in [7, 11) is 0. The fourth-order valence-electron chi connectivity index (χ4n) is 4.17. The summed E-state index contributed by atoms with van der Waals surface area (Å²) in [6.07, 6.45) is -0.0407. The van der Waals surface area contributed by atoms with Crippen molar-refractivity contribution in [3.8, 4) is 0 Å². The van der Waals surface area contributed by atoms with Crippen molar-refractivity contribution in [1.29, 1.82) is 0 Å². The van der Waals surface area contributed by atoms with Gasteiger partial charge in [0.2, 0.25) is 5.91 Å². The predicted molar refractivity (Wildman–Crippen MR) is 127 cm³/mol. The lowest BCUT2D eigenvalue weighted by molar-refractivity contribution is -0.301. The molecule has 2 rings (SSSR count). The van der Waals surface area contributed by atoms with E-state index in [1.54, 1.807) is 48.5 Å². The third kappa shape index (κ3) is 8.89. The molecule has 0 aliphatic carbocycles. The lowest BCUT2D eigenvalue weighted by Gasteiger charge is -2.41. The second-order valence-corrected chi connectivity index (χ2v) is 10.7. The van der Waals surface area contributed by atoms with Gasteiger partial charge in [-0.15, -0.1) is 0 Å². The van der Waals surface area contributed by atoms with Crippen molar-refractivity contribution in [2.75, 3.05) is 6.54 Å². The Hall–Kier alpha value is -2.52. The fraction of sp³-hybridized carbons (Fsp3) is 0.654. The molecule has 1 N–H and O–H groups in total. The Morgan fingerprint density at radius 2 is 1.71 bits per heavy atom. The first-order valence-corrected chi connectivity index (χ1v) is 11.9. The normalized spacial score (nSPS) is 20.8. The molecule has 0 radical (unpaired) electrons. The van der Waals surface area contributed by atoms with Gasteiger partial charge in [-0.1, -0.05) is 26.0 Å². The van der Waals surface area contributed by atoms with Gasteiger partial charge in [0.25, 0.3) is 0 Å². The zero-order valence-electron chi connectivity index (χ0n) is 21.7. The summed E-state index contributed by atoms with van der Waals surface area (Å²) in [5.41, 5.74) is -0.301. The minimum Gasteiger partial charge on any atom is -0.479 e. The highest BCUT2D eigenvalue weighted by Gasteiger charge is 2.39. The van der Waals surface area contributed by atoms with Crippen molar-refractivity contribution < 1.29 is 38.1 Å². The van der Waals surface area contributed by atoms with Crippen molar-refractivity contribution in [1.82, 2.24) is 4.90 Å². The van der Waals surface area contributed by atoms with E-state index in [1.165, 1.54) is 29.2 Å². The van der Waals surface area contributed by atoms with Crippen LogP contribution >= 0.6 is 0 Å². The van der Waals surface area contributed by atoms with Crippen LogP contribution in [0, 0.1) is 11.7 Å². The van der Waals surface area contributed by atoms with Crippen LogP contribution in [0.15, 0.2) is 24.3 Å². The third-order valence-corrected chi connectivity index (χ3v) is 5.44. The van der Waals surface area contributed by atoms with Crippen LogP contribution in [-0.2, 0) is 28.6 Å². The van der Waals surface area contributed by atoms with E-state index in [0.717, 1.165) is 0 Å². The molecule has 196 valence electrons. The van der Waals surface area contributed by atoms with Gasteiger partial charge in [0.15, 0.2) is 11.8 Å². The second-order valence-electron chi connectivity index (χ2n) is 10.7. The molecule has 9 heteroatoms. The fourth-order valence-corrected chi connectivity index (χ4v) is 4.17. The Morgan fingerprint density at radius 3 is 2.23 bits per heavy atom. The summed E-state index contributed by atoms with van der Waals surface area (Å²) in [4.78, 5) is 38.9. The number of halogens is 1. The van der Waals surface area contributed by atoms with Crippen molar-refractivity contribution >= 4 is 17.8 Å². The third-order valence-electron chi connectivity index (χ3n) is 5.44. The lowest BCUT2D eigenvalue weighted by atomic mass is 10.00. The number of ether oxygens (including phenoxy) is 3. The Balaban J connectivity index is 2.19. The van der Waals surface area contributed by atoms with Gasteiger partial charge in [0.1, 0.15) is 11.4 Å². The lowest BCUT2D eigenvalue weighted by Crippen LogP contribution is -2.48. The number of aliphatic carboxylic acids is 1. The van der Waals surface area contributed by atoms with E-state index >= 15 is 0 Å². The smallest absolute Gasteiger partial charge is 0.331 e. The molecule has 0 bridgehead atoms. The quantitative estimate of drug-likeness (QED) is 0.504. The molecule has 8 nitrogen and oxygen atoms in total. The first-order valence-electron chi connectivity index (χ1n) is 11.9. The number of hydrogen-bond acceptors (Lipinski definition) is 6. The largest absolute Gasteiger partial charge is 0.479 e. The maximum absolute atomic E-state index is 13.4. The van der Waals surface area contributed by atoms with Gasteiger partial charge in [0, 0.05) is 18.9 Å². The second kappa shape index (κ2) is 11.5. The number of carbonyl (C=O) groups is 3. The van der Waals surface area contributed by atoms with E-state index in [9.17, 15) is 23.9 Å². The van der Waals surface area contributed by atoms with Crippen LogP contribution in [0.2, 0.25) is 0 Å². The number of carboxylic acids is 1. The number of amides is 1. The molecule has 1 aromatic carbocycles. The number of hydrogen-bond donors (Lipinski definition) is 1.